The van der Waals surface area contributed by atoms with Gasteiger partial charge in [0.2, 0.25) is 0 Å². The Kier molecular flexibility index (Phi) is 4.62. The molecule has 1 aromatic carbocycles. The Morgan fingerprint density at radius 2 is 2.25 bits per heavy atom. The van der Waals surface area contributed by atoms with E-state index < -0.39 is 5.97 Å². The fourth-order valence-corrected chi connectivity index (χ4v) is 1.60. The summed E-state index contributed by atoms with van der Waals surface area (Å²) < 4.78 is 0. The van der Waals surface area contributed by atoms with E-state index in [9.17, 15) is 4.79 Å². The third-order valence-corrected chi connectivity index (χ3v) is 2.63. The second-order valence-electron chi connectivity index (χ2n) is 3.94. The molecule has 0 fully saturated rings. The lowest BCUT2D eigenvalue weighted by molar-refractivity contribution is -0.137. The van der Waals surface area contributed by atoms with E-state index in [1.807, 2.05) is 32.0 Å². The summed E-state index contributed by atoms with van der Waals surface area (Å²) in [5.74, 6) is -0.767. The first-order valence-corrected chi connectivity index (χ1v) is 5.61. The number of nitrogens with one attached hydrogen (secondary N) is 1. The Balaban J connectivity index is 2.58. The molecule has 0 amide bonds. The van der Waals surface area contributed by atoms with E-state index in [1.165, 1.54) is 0 Å². The van der Waals surface area contributed by atoms with E-state index in [0.29, 0.717) is 11.4 Å². The summed E-state index contributed by atoms with van der Waals surface area (Å²) in [4.78, 5) is 10.4. The standard InChI is InChI=1S/C12H16ClNO2/c1-8-3-5-10(13)7-11(8)14-9(2)4-6-12(15)16/h3,5,7,9,14H,4,6H2,1-2H3,(H,15,16). The Morgan fingerprint density at radius 1 is 1.56 bits per heavy atom. The number of aryl methyl sites for hydroxylation is 1. The number of anilines is 1. The van der Waals surface area contributed by atoms with Gasteiger partial charge in [-0.05, 0) is 38.0 Å². The summed E-state index contributed by atoms with van der Waals surface area (Å²) in [5.41, 5.74) is 2.07. The molecule has 0 aromatic heterocycles. The van der Waals surface area contributed by atoms with Crippen LogP contribution in [0.2, 0.25) is 5.02 Å². The molecule has 0 aliphatic carbocycles. The van der Waals surface area contributed by atoms with Crippen LogP contribution >= 0.6 is 11.6 Å². The average molecular weight is 242 g/mol. The van der Waals surface area contributed by atoms with E-state index in [4.69, 9.17) is 16.7 Å². The minimum Gasteiger partial charge on any atom is -0.481 e. The van der Waals surface area contributed by atoms with Gasteiger partial charge in [-0.25, -0.2) is 0 Å². The predicted octanol–water partition coefficient (Wildman–Crippen LogP) is 3.31. The summed E-state index contributed by atoms with van der Waals surface area (Å²) in [6.45, 7) is 3.95. The van der Waals surface area contributed by atoms with Gasteiger partial charge in [0.15, 0.2) is 0 Å². The summed E-state index contributed by atoms with van der Waals surface area (Å²) >= 11 is 5.89. The molecule has 0 bridgehead atoms. The van der Waals surface area contributed by atoms with Crippen LogP contribution in [0.4, 0.5) is 5.69 Å². The molecule has 0 saturated heterocycles. The SMILES string of the molecule is Cc1ccc(Cl)cc1NC(C)CCC(=O)O. The highest BCUT2D eigenvalue weighted by Crippen LogP contribution is 2.21. The zero-order valence-electron chi connectivity index (χ0n) is 9.46. The molecule has 4 heteroatoms. The molecule has 0 spiro atoms. The lowest BCUT2D eigenvalue weighted by atomic mass is 10.1. The van der Waals surface area contributed by atoms with Crippen molar-refractivity contribution >= 4 is 23.3 Å². The number of halogens is 1. The highest BCUT2D eigenvalue weighted by molar-refractivity contribution is 6.30. The van der Waals surface area contributed by atoms with Gasteiger partial charge in [0.1, 0.15) is 0 Å². The number of hydrogen-bond acceptors (Lipinski definition) is 2. The van der Waals surface area contributed by atoms with E-state index >= 15 is 0 Å². The molecule has 0 radical (unpaired) electrons. The fourth-order valence-electron chi connectivity index (χ4n) is 1.43. The molecule has 0 heterocycles. The Bertz CT molecular complexity index is 379. The summed E-state index contributed by atoms with van der Waals surface area (Å²) in [6.07, 6.45) is 0.773. The molecule has 0 saturated carbocycles. The predicted molar refractivity (Wildman–Crippen MR) is 66.1 cm³/mol. The molecule has 1 atom stereocenters. The maximum absolute atomic E-state index is 10.4. The largest absolute Gasteiger partial charge is 0.481 e. The van der Waals surface area contributed by atoms with Gasteiger partial charge in [-0.3, -0.25) is 4.79 Å². The highest BCUT2D eigenvalue weighted by atomic mass is 35.5. The maximum Gasteiger partial charge on any atom is 0.303 e. The first kappa shape index (κ1) is 12.8. The van der Waals surface area contributed by atoms with Crippen LogP contribution in [-0.4, -0.2) is 17.1 Å². The zero-order chi connectivity index (χ0) is 12.1. The van der Waals surface area contributed by atoms with Gasteiger partial charge in [0, 0.05) is 23.2 Å². The van der Waals surface area contributed by atoms with Crippen LogP contribution in [0.1, 0.15) is 25.3 Å². The molecule has 88 valence electrons. The van der Waals surface area contributed by atoms with Crippen LogP contribution in [0.5, 0.6) is 0 Å². The molecule has 16 heavy (non-hydrogen) atoms. The number of aliphatic carboxylic acids is 1. The van der Waals surface area contributed by atoms with Crippen LogP contribution in [0, 0.1) is 6.92 Å². The van der Waals surface area contributed by atoms with E-state index in [2.05, 4.69) is 5.32 Å². The van der Waals surface area contributed by atoms with E-state index in [1.54, 1.807) is 0 Å². The molecule has 1 rings (SSSR count). The number of rotatable bonds is 5. The van der Waals surface area contributed by atoms with E-state index in [0.717, 1.165) is 11.3 Å². The molecule has 0 aliphatic heterocycles. The molecular formula is C12H16ClNO2. The van der Waals surface area contributed by atoms with Gasteiger partial charge >= 0.3 is 5.97 Å². The highest BCUT2D eigenvalue weighted by Gasteiger charge is 2.07. The second-order valence-corrected chi connectivity index (χ2v) is 4.37. The monoisotopic (exact) mass is 241 g/mol. The zero-order valence-corrected chi connectivity index (χ0v) is 10.2. The normalized spacial score (nSPS) is 12.2. The van der Waals surface area contributed by atoms with Crippen LogP contribution < -0.4 is 5.32 Å². The van der Waals surface area contributed by atoms with Gasteiger partial charge in [-0.15, -0.1) is 0 Å². The van der Waals surface area contributed by atoms with Crippen molar-refractivity contribution in [2.45, 2.75) is 32.7 Å². The lowest BCUT2D eigenvalue weighted by Gasteiger charge is -2.16. The second kappa shape index (κ2) is 5.75. The number of carboxylic acid groups (broad SMARTS) is 1. The van der Waals surface area contributed by atoms with Crippen LogP contribution in [0.25, 0.3) is 0 Å². The van der Waals surface area contributed by atoms with E-state index in [-0.39, 0.29) is 12.5 Å². The van der Waals surface area contributed by atoms with Gasteiger partial charge < -0.3 is 10.4 Å². The van der Waals surface area contributed by atoms with Crippen molar-refractivity contribution in [2.24, 2.45) is 0 Å². The molecule has 1 unspecified atom stereocenters. The van der Waals surface area contributed by atoms with Crippen LogP contribution in [-0.2, 0) is 4.79 Å². The van der Waals surface area contributed by atoms with Crippen molar-refractivity contribution in [1.82, 2.24) is 0 Å². The van der Waals surface area contributed by atoms with Crippen molar-refractivity contribution in [3.05, 3.63) is 28.8 Å². The summed E-state index contributed by atoms with van der Waals surface area (Å²) in [6, 6.07) is 5.75. The number of carboxylic acids is 1. The maximum atomic E-state index is 10.4. The molecular weight excluding hydrogens is 226 g/mol. The molecule has 0 aliphatic rings. The number of benzene rings is 1. The minimum atomic E-state index is -0.767. The fraction of sp³-hybridized carbons (Fsp3) is 0.417. The third kappa shape index (κ3) is 4.11. The quantitative estimate of drug-likeness (QED) is 0.832. The summed E-state index contributed by atoms with van der Waals surface area (Å²) in [5, 5.41) is 12.5. The average Bonchev–Trinajstić information content (AvgIpc) is 2.20. The Labute approximate surface area is 100 Å². The lowest BCUT2D eigenvalue weighted by Crippen LogP contribution is -2.17. The van der Waals surface area contributed by atoms with Gasteiger partial charge in [0.05, 0.1) is 0 Å². The minimum absolute atomic E-state index is 0.119. The van der Waals surface area contributed by atoms with Gasteiger partial charge in [-0.2, -0.15) is 0 Å². The van der Waals surface area contributed by atoms with Crippen molar-refractivity contribution in [2.75, 3.05) is 5.32 Å². The molecule has 3 nitrogen and oxygen atoms in total. The third-order valence-electron chi connectivity index (χ3n) is 2.39. The number of carbonyl (C=O) groups is 1. The van der Waals surface area contributed by atoms with Crippen LogP contribution in [0.3, 0.4) is 0 Å². The topological polar surface area (TPSA) is 49.3 Å². The van der Waals surface area contributed by atoms with Gasteiger partial charge in [0.25, 0.3) is 0 Å². The smallest absolute Gasteiger partial charge is 0.303 e. The van der Waals surface area contributed by atoms with Crippen molar-refractivity contribution in [3.8, 4) is 0 Å². The molecule has 2 N–H and O–H groups in total. The van der Waals surface area contributed by atoms with Gasteiger partial charge in [-0.1, -0.05) is 17.7 Å². The first-order valence-electron chi connectivity index (χ1n) is 5.23. The van der Waals surface area contributed by atoms with Crippen molar-refractivity contribution < 1.29 is 9.90 Å². The first-order chi connectivity index (χ1) is 7.49. The summed E-state index contributed by atoms with van der Waals surface area (Å²) in [7, 11) is 0. The van der Waals surface area contributed by atoms with Crippen molar-refractivity contribution in [3.63, 3.8) is 0 Å². The van der Waals surface area contributed by atoms with Crippen molar-refractivity contribution in [1.29, 1.82) is 0 Å². The van der Waals surface area contributed by atoms with Crippen LogP contribution in [0.15, 0.2) is 18.2 Å². The number of hydrogen-bond donors (Lipinski definition) is 2. The Morgan fingerprint density at radius 3 is 2.88 bits per heavy atom. The Hall–Kier alpha value is -1.22. The molecule has 1 aromatic rings.